The number of nitrogens with two attached hydrogens (primary N) is 1. The molecule has 7 nitrogen and oxygen atoms in total. The number of hydrogen-bond acceptors (Lipinski definition) is 5. The van der Waals surface area contributed by atoms with Crippen LogP contribution >= 0.6 is 0 Å². The summed E-state index contributed by atoms with van der Waals surface area (Å²) in [5.74, 6) is -0.721. The van der Waals surface area contributed by atoms with Crippen molar-refractivity contribution in [2.24, 2.45) is 5.73 Å². The van der Waals surface area contributed by atoms with Gasteiger partial charge in [-0.25, -0.2) is 16.8 Å². The van der Waals surface area contributed by atoms with Gasteiger partial charge in [-0.3, -0.25) is 4.79 Å². The van der Waals surface area contributed by atoms with E-state index < -0.39 is 26.0 Å². The average molecular weight is 469 g/mol. The highest BCUT2D eigenvalue weighted by Crippen LogP contribution is 2.25. The monoisotopic (exact) mass is 468 g/mol. The van der Waals surface area contributed by atoms with Crippen molar-refractivity contribution in [3.63, 3.8) is 0 Å². The molecule has 0 aliphatic heterocycles. The zero-order valence-corrected chi connectivity index (χ0v) is 18.4. The smallest absolute Gasteiger partial charge is 0.270 e. The molecule has 3 aromatic carbocycles. The van der Waals surface area contributed by atoms with Crippen LogP contribution in [-0.2, 0) is 20.0 Å². The van der Waals surface area contributed by atoms with Gasteiger partial charge < -0.3 is 5.73 Å². The quantitative estimate of drug-likeness (QED) is 0.543. The maximum Gasteiger partial charge on any atom is 0.270 e. The topological polar surface area (TPSA) is 115 Å². The summed E-state index contributed by atoms with van der Waals surface area (Å²) in [5, 5.41) is 1.64. The second-order valence-electron chi connectivity index (χ2n) is 6.63. The van der Waals surface area contributed by atoms with Crippen molar-refractivity contribution in [3.8, 4) is 0 Å². The van der Waals surface area contributed by atoms with E-state index in [4.69, 9.17) is 5.73 Å². The second kappa shape index (κ2) is 9.63. The van der Waals surface area contributed by atoms with Gasteiger partial charge in [0.25, 0.3) is 20.0 Å². The van der Waals surface area contributed by atoms with Crippen LogP contribution in [0.2, 0.25) is 0 Å². The zero-order chi connectivity index (χ0) is 23.2. The van der Waals surface area contributed by atoms with Crippen LogP contribution in [0, 0.1) is 0 Å². The van der Waals surface area contributed by atoms with E-state index in [0.717, 1.165) is 10.8 Å². The van der Waals surface area contributed by atoms with Gasteiger partial charge in [0.05, 0.1) is 16.5 Å². The number of carbonyl (C=O) groups is 1. The largest absolute Gasteiger partial charge is 0.366 e. The van der Waals surface area contributed by atoms with Crippen molar-refractivity contribution >= 4 is 43.8 Å². The minimum absolute atomic E-state index is 0.114. The van der Waals surface area contributed by atoms with Crippen molar-refractivity contribution in [1.29, 1.82) is 0 Å². The summed E-state index contributed by atoms with van der Waals surface area (Å²) in [6.07, 6.45) is 2.60. The van der Waals surface area contributed by atoms with Gasteiger partial charge in [-0.1, -0.05) is 60.7 Å². The predicted molar refractivity (Wildman–Crippen MR) is 126 cm³/mol. The fourth-order valence-electron chi connectivity index (χ4n) is 2.75. The highest BCUT2D eigenvalue weighted by molar-refractivity contribution is 8.12. The van der Waals surface area contributed by atoms with Gasteiger partial charge in [0.2, 0.25) is 5.91 Å². The van der Waals surface area contributed by atoms with E-state index >= 15 is 0 Å². The summed E-state index contributed by atoms with van der Waals surface area (Å²) in [6, 6.07) is 22.1. The number of hydrogen-bond donors (Lipinski definition) is 1. The lowest BCUT2D eigenvalue weighted by Crippen LogP contribution is -2.34. The number of nitrogens with zero attached hydrogens (tertiary/aromatic N) is 1. The van der Waals surface area contributed by atoms with Gasteiger partial charge in [0.15, 0.2) is 0 Å². The molecule has 0 bridgehead atoms. The first-order valence-electron chi connectivity index (χ1n) is 9.36. The molecule has 2 N–H and O–H groups in total. The summed E-state index contributed by atoms with van der Waals surface area (Å²) < 4.78 is 52.8. The Kier molecular flexibility index (Phi) is 6.92. The van der Waals surface area contributed by atoms with Crippen LogP contribution in [0.3, 0.4) is 0 Å². The molecule has 0 saturated carbocycles. The van der Waals surface area contributed by atoms with Crippen LogP contribution in [0.4, 0.5) is 5.69 Å². The number of sulfonamides is 2. The Labute approximate surface area is 187 Å². The Morgan fingerprint density at radius 3 is 1.44 bits per heavy atom. The molecule has 3 aromatic rings. The Morgan fingerprint density at radius 2 is 1.06 bits per heavy atom. The molecule has 1 amide bonds. The molecule has 0 atom stereocenters. The summed E-state index contributed by atoms with van der Waals surface area (Å²) >= 11 is 0. The highest BCUT2D eigenvalue weighted by Gasteiger charge is 2.31. The lowest BCUT2D eigenvalue weighted by atomic mass is 10.2. The van der Waals surface area contributed by atoms with Crippen LogP contribution in [0.15, 0.2) is 95.7 Å². The van der Waals surface area contributed by atoms with Gasteiger partial charge in [-0.05, 0) is 47.5 Å². The molecule has 0 spiro atoms. The van der Waals surface area contributed by atoms with E-state index in [1.54, 1.807) is 60.7 Å². The fourth-order valence-corrected chi connectivity index (χ4v) is 5.92. The first-order valence-corrected chi connectivity index (χ1v) is 12.4. The summed E-state index contributed by atoms with van der Waals surface area (Å²) in [7, 11) is -8.94. The first-order chi connectivity index (χ1) is 15.2. The molecule has 164 valence electrons. The molecule has 32 heavy (non-hydrogen) atoms. The van der Waals surface area contributed by atoms with Gasteiger partial charge in [-0.2, -0.15) is 3.71 Å². The molecule has 0 unspecified atom stereocenters. The number of rotatable bonds is 8. The molecule has 0 radical (unpaired) electrons. The Bertz CT molecular complexity index is 1270. The van der Waals surface area contributed by atoms with Crippen molar-refractivity contribution in [3.05, 3.63) is 112 Å². The van der Waals surface area contributed by atoms with E-state index in [2.05, 4.69) is 0 Å². The normalized spacial score (nSPS) is 12.2. The van der Waals surface area contributed by atoms with E-state index in [-0.39, 0.29) is 11.3 Å². The minimum Gasteiger partial charge on any atom is -0.366 e. The number of benzene rings is 3. The minimum atomic E-state index is -4.47. The second-order valence-corrected chi connectivity index (χ2v) is 10.2. The van der Waals surface area contributed by atoms with E-state index in [1.165, 1.54) is 36.4 Å². The zero-order valence-electron chi connectivity index (χ0n) is 16.8. The van der Waals surface area contributed by atoms with Gasteiger partial charge in [-0.15, -0.1) is 0 Å². The van der Waals surface area contributed by atoms with Crippen molar-refractivity contribution in [2.45, 2.75) is 0 Å². The summed E-state index contributed by atoms with van der Waals surface area (Å²) in [6.45, 7) is 0. The molecule has 0 fully saturated rings. The average Bonchev–Trinajstić information content (AvgIpc) is 2.78. The van der Waals surface area contributed by atoms with Crippen LogP contribution in [-0.4, -0.2) is 22.7 Å². The lowest BCUT2D eigenvalue weighted by molar-refractivity contribution is 0.100. The van der Waals surface area contributed by atoms with Crippen molar-refractivity contribution < 1.29 is 21.6 Å². The number of primary amides is 1. The molecule has 0 heterocycles. The third-order valence-corrected chi connectivity index (χ3v) is 7.84. The molecular formula is C23H20N2O5S2. The third kappa shape index (κ3) is 5.71. The SMILES string of the molecule is NC(=O)c1ccc(N(S(=O)(=O)/C=C/c2ccccc2)S(=O)(=O)/C=C/c2ccccc2)cc1. The van der Waals surface area contributed by atoms with Crippen molar-refractivity contribution in [2.75, 3.05) is 3.71 Å². The van der Waals surface area contributed by atoms with Gasteiger partial charge in [0, 0.05) is 5.56 Å². The highest BCUT2D eigenvalue weighted by atomic mass is 32.3. The Balaban J connectivity index is 2.07. The molecule has 0 aliphatic rings. The summed E-state index contributed by atoms with van der Waals surface area (Å²) in [5.41, 5.74) is 6.34. The van der Waals surface area contributed by atoms with Crippen LogP contribution in [0.25, 0.3) is 12.2 Å². The van der Waals surface area contributed by atoms with Crippen molar-refractivity contribution in [1.82, 2.24) is 0 Å². The predicted octanol–water partition coefficient (Wildman–Crippen LogP) is 3.59. The molecule has 0 aliphatic carbocycles. The Hall–Kier alpha value is -3.69. The molecular weight excluding hydrogens is 448 g/mol. The van der Waals surface area contributed by atoms with Gasteiger partial charge >= 0.3 is 0 Å². The molecule has 0 saturated heterocycles. The molecule has 3 rings (SSSR count). The van der Waals surface area contributed by atoms with Crippen LogP contribution < -0.4 is 9.44 Å². The molecule has 9 heteroatoms. The van der Waals surface area contributed by atoms with E-state index in [9.17, 15) is 21.6 Å². The van der Waals surface area contributed by atoms with Crippen LogP contribution in [0.5, 0.6) is 0 Å². The number of anilines is 1. The van der Waals surface area contributed by atoms with E-state index in [1.807, 2.05) is 0 Å². The summed E-state index contributed by atoms with van der Waals surface area (Å²) in [4.78, 5) is 11.3. The van der Waals surface area contributed by atoms with Gasteiger partial charge in [0.1, 0.15) is 0 Å². The lowest BCUT2D eigenvalue weighted by Gasteiger charge is -2.20. The standard InChI is InChI=1S/C23H20N2O5S2/c24-23(26)21-11-13-22(14-12-21)25(31(27,28)17-15-19-7-3-1-4-8-19)32(29,30)18-16-20-9-5-2-6-10-20/h1-18H,(H2,24,26)/b17-15+,18-16+. The number of carbonyl (C=O) groups excluding carboxylic acids is 1. The fraction of sp³-hybridized carbons (Fsp3) is 0. The molecule has 0 aromatic heterocycles. The number of amides is 1. The third-order valence-electron chi connectivity index (χ3n) is 4.29. The maximum atomic E-state index is 13.1. The van der Waals surface area contributed by atoms with E-state index in [0.29, 0.717) is 14.8 Å². The van der Waals surface area contributed by atoms with Crippen LogP contribution in [0.1, 0.15) is 21.5 Å². The maximum absolute atomic E-state index is 13.1. The first kappa shape index (κ1) is 23.0. The Morgan fingerprint density at radius 1 is 0.656 bits per heavy atom.